The molecule has 0 saturated carbocycles. The topological polar surface area (TPSA) is 12.0 Å². The summed E-state index contributed by atoms with van der Waals surface area (Å²) in [6, 6.07) is 3.34. The number of nitrogens with one attached hydrogen (secondary N) is 1. The maximum Gasteiger partial charge on any atom is 0.310 e. The summed E-state index contributed by atoms with van der Waals surface area (Å²) in [5.74, 6) is 0.152. The van der Waals surface area contributed by atoms with Crippen molar-refractivity contribution in [3.05, 3.63) is 29.8 Å². The molecule has 0 aromatic heterocycles. The number of halogens is 5. The van der Waals surface area contributed by atoms with E-state index in [1.54, 1.807) is 0 Å². The van der Waals surface area contributed by atoms with E-state index >= 15 is 0 Å². The Labute approximate surface area is 102 Å². The minimum Gasteiger partial charge on any atom is -0.317 e. The molecule has 1 aliphatic heterocycles. The summed E-state index contributed by atoms with van der Waals surface area (Å²) in [6.07, 6.45) is 1.63. The Bertz CT molecular complexity index is 432. The summed E-state index contributed by atoms with van der Waals surface area (Å²) >= 11 is 0. The van der Waals surface area contributed by atoms with Crippen molar-refractivity contribution in [3.63, 3.8) is 0 Å². The number of rotatable bonds is 2. The Balaban J connectivity index is 2.26. The maximum atomic E-state index is 12.5. The van der Waals surface area contributed by atoms with Gasteiger partial charge in [-0.3, -0.25) is 0 Å². The Morgan fingerprint density at radius 3 is 1.83 bits per heavy atom. The molecule has 7 heteroatoms. The fraction of sp³-hybridized carbons (Fsp3) is 0.455. The van der Waals surface area contributed by atoms with E-state index in [0.717, 1.165) is 25.9 Å². The molecular formula is C11H14F5NS. The van der Waals surface area contributed by atoms with Gasteiger partial charge in [0, 0.05) is 0 Å². The SMILES string of the molecule is FS(F)(F)(F)(F)c1ccc(C2CCNCC2)cc1. The number of hydrogen-bond acceptors (Lipinski definition) is 1. The van der Waals surface area contributed by atoms with Gasteiger partial charge in [0.15, 0.2) is 0 Å². The lowest BCUT2D eigenvalue weighted by Crippen LogP contribution is -2.26. The van der Waals surface area contributed by atoms with Gasteiger partial charge in [0.2, 0.25) is 0 Å². The van der Waals surface area contributed by atoms with Crippen molar-refractivity contribution in [1.29, 1.82) is 0 Å². The minimum absolute atomic E-state index is 0.152. The van der Waals surface area contributed by atoms with Crippen LogP contribution in [0.2, 0.25) is 0 Å². The van der Waals surface area contributed by atoms with E-state index in [1.165, 1.54) is 12.1 Å². The lowest BCUT2D eigenvalue weighted by molar-refractivity contribution is 0.364. The van der Waals surface area contributed by atoms with Gasteiger partial charge < -0.3 is 5.32 Å². The van der Waals surface area contributed by atoms with Crippen LogP contribution in [-0.2, 0) is 0 Å². The lowest BCUT2D eigenvalue weighted by Gasteiger charge is -2.40. The molecule has 1 aliphatic rings. The van der Waals surface area contributed by atoms with Gasteiger partial charge >= 0.3 is 10.2 Å². The molecule has 0 bridgehead atoms. The van der Waals surface area contributed by atoms with Crippen molar-refractivity contribution in [3.8, 4) is 0 Å². The van der Waals surface area contributed by atoms with Gasteiger partial charge in [-0.25, -0.2) is 0 Å². The quantitative estimate of drug-likeness (QED) is 0.770. The molecule has 1 heterocycles. The molecule has 1 nitrogen and oxygen atoms in total. The summed E-state index contributed by atoms with van der Waals surface area (Å²) < 4.78 is 62.6. The summed E-state index contributed by atoms with van der Waals surface area (Å²) in [4.78, 5) is -1.81. The number of hydrogen-bond donors (Lipinski definition) is 1. The summed E-state index contributed by atoms with van der Waals surface area (Å²) in [5, 5.41) is 3.14. The van der Waals surface area contributed by atoms with Crippen LogP contribution in [0, 0.1) is 0 Å². The van der Waals surface area contributed by atoms with Crippen LogP contribution in [-0.4, -0.2) is 13.1 Å². The van der Waals surface area contributed by atoms with Crippen LogP contribution in [0.25, 0.3) is 0 Å². The lowest BCUT2D eigenvalue weighted by atomic mass is 9.90. The van der Waals surface area contributed by atoms with E-state index in [2.05, 4.69) is 5.32 Å². The molecule has 18 heavy (non-hydrogen) atoms. The summed E-state index contributed by atoms with van der Waals surface area (Å²) in [7, 11) is -9.52. The van der Waals surface area contributed by atoms with E-state index in [0.29, 0.717) is 17.7 Å². The second-order valence-electron chi connectivity index (χ2n) is 4.56. The van der Waals surface area contributed by atoms with Gasteiger partial charge in [0.25, 0.3) is 0 Å². The first kappa shape index (κ1) is 13.6. The van der Waals surface area contributed by atoms with Crippen molar-refractivity contribution in [1.82, 2.24) is 5.32 Å². The van der Waals surface area contributed by atoms with E-state index in [-0.39, 0.29) is 5.92 Å². The first-order chi connectivity index (χ1) is 8.06. The van der Waals surface area contributed by atoms with Crippen molar-refractivity contribution < 1.29 is 19.4 Å². The molecule has 0 aliphatic carbocycles. The van der Waals surface area contributed by atoms with Crippen molar-refractivity contribution in [2.24, 2.45) is 0 Å². The molecule has 0 amide bonds. The molecule has 1 N–H and O–H groups in total. The highest BCUT2D eigenvalue weighted by molar-refractivity contribution is 8.45. The summed E-state index contributed by atoms with van der Waals surface area (Å²) in [6.45, 7) is 1.60. The molecule has 1 fully saturated rings. The van der Waals surface area contributed by atoms with E-state index in [9.17, 15) is 19.4 Å². The van der Waals surface area contributed by atoms with Crippen LogP contribution in [0.3, 0.4) is 0 Å². The van der Waals surface area contributed by atoms with Crippen LogP contribution < -0.4 is 5.32 Å². The van der Waals surface area contributed by atoms with Gasteiger partial charge in [0.05, 0.1) is 0 Å². The van der Waals surface area contributed by atoms with Gasteiger partial charge in [0.1, 0.15) is 4.90 Å². The molecule has 0 unspecified atom stereocenters. The first-order valence-electron chi connectivity index (χ1n) is 5.61. The van der Waals surface area contributed by atoms with E-state index in [1.807, 2.05) is 0 Å². The monoisotopic (exact) mass is 287 g/mol. The first-order valence-corrected chi connectivity index (χ1v) is 7.56. The molecule has 2 rings (SSSR count). The van der Waals surface area contributed by atoms with Gasteiger partial charge in [-0.2, -0.15) is 0 Å². The van der Waals surface area contributed by atoms with Crippen molar-refractivity contribution in [2.45, 2.75) is 23.7 Å². The second-order valence-corrected chi connectivity index (χ2v) is 6.97. The Morgan fingerprint density at radius 1 is 0.889 bits per heavy atom. The smallest absolute Gasteiger partial charge is 0.310 e. The van der Waals surface area contributed by atoms with Gasteiger partial charge in [-0.1, -0.05) is 31.6 Å². The molecule has 1 aromatic rings. The highest BCUT2D eigenvalue weighted by Gasteiger charge is 2.65. The van der Waals surface area contributed by atoms with E-state index in [4.69, 9.17) is 0 Å². The predicted molar refractivity (Wildman–Crippen MR) is 62.7 cm³/mol. The predicted octanol–water partition coefficient (Wildman–Crippen LogP) is 4.81. The van der Waals surface area contributed by atoms with Gasteiger partial charge in [-0.05, 0) is 49.5 Å². The van der Waals surface area contributed by atoms with E-state index < -0.39 is 15.1 Å². The van der Waals surface area contributed by atoms with Crippen LogP contribution in [0.5, 0.6) is 0 Å². The molecule has 1 aromatic carbocycles. The Kier molecular flexibility index (Phi) is 2.72. The molecular weight excluding hydrogens is 273 g/mol. The molecule has 1 saturated heterocycles. The number of benzene rings is 1. The Hall–Kier alpha value is -0.820. The fourth-order valence-corrected chi connectivity index (χ4v) is 2.80. The zero-order valence-corrected chi connectivity index (χ0v) is 10.3. The zero-order chi connectivity index (χ0) is 13.5. The average molecular weight is 287 g/mol. The third-order valence-corrected chi connectivity index (χ3v) is 4.30. The standard InChI is InChI=1S/C11H14F5NS/c12-18(13,14,15,16)11-3-1-9(2-4-11)10-5-7-17-8-6-10/h1-4,10,17H,5-8H2. The van der Waals surface area contributed by atoms with Crippen molar-refractivity contribution in [2.75, 3.05) is 13.1 Å². The molecule has 104 valence electrons. The Morgan fingerprint density at radius 2 is 1.39 bits per heavy atom. The fourth-order valence-electron chi connectivity index (χ4n) is 2.15. The van der Waals surface area contributed by atoms with Crippen molar-refractivity contribution >= 4 is 10.2 Å². The highest BCUT2D eigenvalue weighted by Crippen LogP contribution is 3.02. The maximum absolute atomic E-state index is 12.5. The molecule has 0 spiro atoms. The van der Waals surface area contributed by atoms with Crippen LogP contribution in [0.15, 0.2) is 29.2 Å². The average Bonchev–Trinajstić information content (AvgIpc) is 2.28. The normalized spacial score (nSPS) is 22.3. The third kappa shape index (κ3) is 3.14. The zero-order valence-electron chi connectivity index (χ0n) is 9.51. The summed E-state index contributed by atoms with van der Waals surface area (Å²) in [5.41, 5.74) is 0.696. The molecule has 0 radical (unpaired) electrons. The molecule has 0 atom stereocenters. The van der Waals surface area contributed by atoms with Crippen LogP contribution in [0.1, 0.15) is 24.3 Å². The van der Waals surface area contributed by atoms with Gasteiger partial charge in [-0.15, -0.1) is 0 Å². The number of piperidine rings is 1. The minimum atomic E-state index is -9.52. The van der Waals surface area contributed by atoms with Crippen LogP contribution >= 0.6 is 10.2 Å². The second kappa shape index (κ2) is 3.60. The van der Waals surface area contributed by atoms with Crippen LogP contribution in [0.4, 0.5) is 19.4 Å². The highest BCUT2D eigenvalue weighted by atomic mass is 32.5. The third-order valence-electron chi connectivity index (χ3n) is 3.14. The largest absolute Gasteiger partial charge is 0.317 e.